The Morgan fingerprint density at radius 1 is 1.38 bits per heavy atom. The molecule has 1 fully saturated rings. The van der Waals surface area contributed by atoms with Crippen LogP contribution in [0.2, 0.25) is 0 Å². The molecule has 1 aliphatic carbocycles. The lowest BCUT2D eigenvalue weighted by atomic mass is 10.1. The first kappa shape index (κ1) is 11.3. The molecule has 0 unspecified atom stereocenters. The summed E-state index contributed by atoms with van der Waals surface area (Å²) < 4.78 is 0. The van der Waals surface area contributed by atoms with Gasteiger partial charge in [-0.05, 0) is 49.8 Å². The minimum Gasteiger partial charge on any atom is -0.398 e. The van der Waals surface area contributed by atoms with E-state index in [-0.39, 0.29) is 0 Å². The zero-order chi connectivity index (χ0) is 11.5. The molecule has 0 spiro atoms. The molecule has 1 aromatic rings. The van der Waals surface area contributed by atoms with Crippen molar-refractivity contribution >= 4 is 11.4 Å². The Hall–Kier alpha value is -1.18. The molecule has 1 aliphatic rings. The summed E-state index contributed by atoms with van der Waals surface area (Å²) in [6.07, 6.45) is 4.00. The maximum Gasteiger partial charge on any atom is 0.0416 e. The van der Waals surface area contributed by atoms with Crippen LogP contribution in [0.5, 0.6) is 0 Å². The van der Waals surface area contributed by atoms with Crippen LogP contribution in [0.4, 0.5) is 11.4 Å². The van der Waals surface area contributed by atoms with Crippen molar-refractivity contribution < 1.29 is 0 Å². The van der Waals surface area contributed by atoms with Crippen LogP contribution in [0.1, 0.15) is 31.7 Å². The average molecular weight is 218 g/mol. The molecule has 0 amide bonds. The zero-order valence-corrected chi connectivity index (χ0v) is 10.4. The van der Waals surface area contributed by atoms with Gasteiger partial charge in [0.15, 0.2) is 0 Å². The average Bonchev–Trinajstić information content (AvgIpc) is 3.06. The highest BCUT2D eigenvalue weighted by Gasteiger charge is 2.24. The van der Waals surface area contributed by atoms with Crippen LogP contribution in [-0.4, -0.2) is 13.1 Å². The van der Waals surface area contributed by atoms with Crippen molar-refractivity contribution in [2.24, 2.45) is 5.92 Å². The molecule has 0 heterocycles. The van der Waals surface area contributed by atoms with E-state index in [2.05, 4.69) is 30.9 Å². The van der Waals surface area contributed by atoms with Gasteiger partial charge in [-0.15, -0.1) is 0 Å². The lowest BCUT2D eigenvalue weighted by Crippen LogP contribution is -2.27. The van der Waals surface area contributed by atoms with Gasteiger partial charge in [-0.25, -0.2) is 0 Å². The number of nitrogen functional groups attached to an aromatic ring is 1. The maximum atomic E-state index is 5.97. The fourth-order valence-corrected chi connectivity index (χ4v) is 2.18. The zero-order valence-electron chi connectivity index (χ0n) is 10.4. The number of hydrogen-bond acceptors (Lipinski definition) is 2. The molecule has 2 rings (SSSR count). The number of anilines is 2. The first-order valence-corrected chi connectivity index (χ1v) is 6.32. The van der Waals surface area contributed by atoms with Crippen molar-refractivity contribution in [3.8, 4) is 0 Å². The third-order valence-corrected chi connectivity index (χ3v) is 3.36. The Morgan fingerprint density at radius 2 is 2.12 bits per heavy atom. The topological polar surface area (TPSA) is 29.3 Å². The van der Waals surface area contributed by atoms with Crippen LogP contribution in [0.3, 0.4) is 0 Å². The Balaban J connectivity index is 2.18. The third-order valence-electron chi connectivity index (χ3n) is 3.36. The number of rotatable bonds is 5. The fourth-order valence-electron chi connectivity index (χ4n) is 2.18. The second-order valence-corrected chi connectivity index (χ2v) is 4.88. The van der Waals surface area contributed by atoms with E-state index in [4.69, 9.17) is 5.73 Å². The predicted molar refractivity (Wildman–Crippen MR) is 70.8 cm³/mol. The molecule has 16 heavy (non-hydrogen) atoms. The lowest BCUT2D eigenvalue weighted by Gasteiger charge is -2.26. The Morgan fingerprint density at radius 3 is 2.75 bits per heavy atom. The Kier molecular flexibility index (Phi) is 3.37. The summed E-state index contributed by atoms with van der Waals surface area (Å²) in [6, 6.07) is 6.25. The standard InChI is InChI=1S/C14H22N2/c1-3-9-16(10-12-7-8-12)14-6-4-5-13(15)11(14)2/h4-6,12H,3,7-10,15H2,1-2H3. The minimum absolute atomic E-state index is 0.911. The molecule has 2 heteroatoms. The molecule has 0 saturated heterocycles. The number of nitrogens with two attached hydrogens (primary N) is 1. The van der Waals surface area contributed by atoms with E-state index in [1.54, 1.807) is 0 Å². The summed E-state index contributed by atoms with van der Waals surface area (Å²) >= 11 is 0. The van der Waals surface area contributed by atoms with Crippen LogP contribution in [-0.2, 0) is 0 Å². The van der Waals surface area contributed by atoms with Crippen molar-refractivity contribution in [2.75, 3.05) is 23.7 Å². The van der Waals surface area contributed by atoms with Gasteiger partial charge in [-0.1, -0.05) is 13.0 Å². The first-order chi connectivity index (χ1) is 7.72. The molecule has 0 atom stereocenters. The van der Waals surface area contributed by atoms with Gasteiger partial charge in [-0.3, -0.25) is 0 Å². The summed E-state index contributed by atoms with van der Waals surface area (Å²) in [7, 11) is 0. The van der Waals surface area contributed by atoms with Crippen LogP contribution in [0.15, 0.2) is 18.2 Å². The van der Waals surface area contributed by atoms with E-state index in [1.165, 1.54) is 37.1 Å². The monoisotopic (exact) mass is 218 g/mol. The molecule has 88 valence electrons. The van der Waals surface area contributed by atoms with Gasteiger partial charge in [0.1, 0.15) is 0 Å². The highest BCUT2D eigenvalue weighted by atomic mass is 15.1. The SMILES string of the molecule is CCCN(CC1CC1)c1cccc(N)c1C. The molecule has 2 N–H and O–H groups in total. The summed E-state index contributed by atoms with van der Waals surface area (Å²) in [5.74, 6) is 0.924. The highest BCUT2D eigenvalue weighted by Crippen LogP contribution is 2.33. The molecule has 1 saturated carbocycles. The van der Waals surface area contributed by atoms with Crippen LogP contribution >= 0.6 is 0 Å². The van der Waals surface area contributed by atoms with E-state index in [9.17, 15) is 0 Å². The number of nitrogens with zero attached hydrogens (tertiary/aromatic N) is 1. The largest absolute Gasteiger partial charge is 0.398 e. The molecular formula is C14H22N2. The maximum absolute atomic E-state index is 5.97. The van der Waals surface area contributed by atoms with E-state index >= 15 is 0 Å². The normalized spacial score (nSPS) is 15.1. The highest BCUT2D eigenvalue weighted by molar-refractivity contribution is 5.64. The van der Waals surface area contributed by atoms with Crippen molar-refractivity contribution in [3.05, 3.63) is 23.8 Å². The molecule has 2 nitrogen and oxygen atoms in total. The van der Waals surface area contributed by atoms with Gasteiger partial charge in [0.25, 0.3) is 0 Å². The quantitative estimate of drug-likeness (QED) is 0.769. The molecule has 1 aromatic carbocycles. The second kappa shape index (κ2) is 4.77. The van der Waals surface area contributed by atoms with Crippen LogP contribution in [0.25, 0.3) is 0 Å². The van der Waals surface area contributed by atoms with Crippen molar-refractivity contribution in [1.29, 1.82) is 0 Å². The van der Waals surface area contributed by atoms with Gasteiger partial charge in [0.2, 0.25) is 0 Å². The smallest absolute Gasteiger partial charge is 0.0416 e. The number of hydrogen-bond donors (Lipinski definition) is 1. The fraction of sp³-hybridized carbons (Fsp3) is 0.571. The Labute approximate surface area is 98.4 Å². The molecular weight excluding hydrogens is 196 g/mol. The summed E-state index contributed by atoms with van der Waals surface area (Å²) in [5.41, 5.74) is 9.45. The van der Waals surface area contributed by atoms with Gasteiger partial charge >= 0.3 is 0 Å². The predicted octanol–water partition coefficient (Wildman–Crippen LogP) is 3.20. The van der Waals surface area contributed by atoms with E-state index in [0.717, 1.165) is 18.2 Å². The van der Waals surface area contributed by atoms with Gasteiger partial charge in [-0.2, -0.15) is 0 Å². The van der Waals surface area contributed by atoms with Gasteiger partial charge in [0.05, 0.1) is 0 Å². The summed E-state index contributed by atoms with van der Waals surface area (Å²) in [6.45, 7) is 6.71. The van der Waals surface area contributed by atoms with E-state index in [0.29, 0.717) is 0 Å². The van der Waals surface area contributed by atoms with Crippen LogP contribution in [0, 0.1) is 12.8 Å². The van der Waals surface area contributed by atoms with E-state index < -0.39 is 0 Å². The van der Waals surface area contributed by atoms with Crippen molar-refractivity contribution in [2.45, 2.75) is 33.1 Å². The Bertz CT molecular complexity index is 356. The first-order valence-electron chi connectivity index (χ1n) is 6.32. The molecule has 0 bridgehead atoms. The summed E-state index contributed by atoms with van der Waals surface area (Å²) in [4.78, 5) is 2.50. The molecule has 0 aliphatic heterocycles. The second-order valence-electron chi connectivity index (χ2n) is 4.88. The minimum atomic E-state index is 0.911. The third kappa shape index (κ3) is 2.49. The van der Waals surface area contributed by atoms with Crippen molar-refractivity contribution in [3.63, 3.8) is 0 Å². The van der Waals surface area contributed by atoms with Gasteiger partial charge < -0.3 is 10.6 Å². The number of benzene rings is 1. The molecule has 0 radical (unpaired) electrons. The van der Waals surface area contributed by atoms with Crippen molar-refractivity contribution in [1.82, 2.24) is 0 Å². The molecule has 0 aromatic heterocycles. The van der Waals surface area contributed by atoms with E-state index in [1.807, 2.05) is 6.07 Å². The van der Waals surface area contributed by atoms with Gasteiger partial charge in [0, 0.05) is 24.5 Å². The lowest BCUT2D eigenvalue weighted by molar-refractivity contribution is 0.706. The van der Waals surface area contributed by atoms with Crippen LogP contribution < -0.4 is 10.6 Å². The summed E-state index contributed by atoms with van der Waals surface area (Å²) in [5, 5.41) is 0.